The molecule has 0 spiro atoms. The molecule has 1 amide bonds. The van der Waals surface area contributed by atoms with Crippen LogP contribution >= 0.6 is 11.6 Å². The summed E-state index contributed by atoms with van der Waals surface area (Å²) < 4.78 is 13.9. The van der Waals surface area contributed by atoms with Crippen molar-refractivity contribution in [2.75, 3.05) is 21.9 Å². The van der Waals surface area contributed by atoms with Crippen molar-refractivity contribution in [3.63, 3.8) is 0 Å². The van der Waals surface area contributed by atoms with Crippen molar-refractivity contribution in [1.82, 2.24) is 4.98 Å². The van der Waals surface area contributed by atoms with Crippen LogP contribution in [0.1, 0.15) is 16.8 Å². The molecule has 5 rings (SSSR count). The van der Waals surface area contributed by atoms with E-state index in [0.717, 1.165) is 40.8 Å². The minimum absolute atomic E-state index is 0.298. The van der Waals surface area contributed by atoms with Crippen LogP contribution in [-0.2, 0) is 11.0 Å². The van der Waals surface area contributed by atoms with Crippen molar-refractivity contribution in [3.8, 4) is 11.3 Å². The summed E-state index contributed by atoms with van der Waals surface area (Å²) in [6.07, 6.45) is 0.884. The summed E-state index contributed by atoms with van der Waals surface area (Å²) in [6.45, 7) is 0.726. The second-order valence-corrected chi connectivity index (χ2v) is 9.47. The van der Waals surface area contributed by atoms with Gasteiger partial charge in [0.1, 0.15) is 11.0 Å². The molecule has 1 N–H and O–H groups in total. The Labute approximate surface area is 193 Å². The fourth-order valence-electron chi connectivity index (χ4n) is 3.82. The molecule has 4 aromatic rings. The Morgan fingerprint density at radius 1 is 1.00 bits per heavy atom. The van der Waals surface area contributed by atoms with Crippen LogP contribution in [-0.4, -0.2) is 27.4 Å². The van der Waals surface area contributed by atoms with Crippen molar-refractivity contribution in [2.45, 2.75) is 6.42 Å². The number of carbonyl (C=O) groups is 1. The van der Waals surface area contributed by atoms with Crippen LogP contribution in [0, 0.1) is 0 Å². The summed E-state index contributed by atoms with van der Waals surface area (Å²) >= 11 is 6.40. The zero-order chi connectivity index (χ0) is 22.1. The van der Waals surface area contributed by atoms with Gasteiger partial charge in [-0.25, -0.2) is 9.19 Å². The number of rotatable bonds is 4. The molecule has 1 aliphatic rings. The molecule has 0 aliphatic carbocycles. The highest BCUT2D eigenvalue weighted by atomic mass is 35.5. The van der Waals surface area contributed by atoms with Crippen LogP contribution in [0.4, 0.5) is 11.4 Å². The number of fused-ring (bicyclic) bond motifs is 1. The second kappa shape index (κ2) is 8.73. The molecule has 5 nitrogen and oxygen atoms in total. The third kappa shape index (κ3) is 4.11. The van der Waals surface area contributed by atoms with E-state index in [2.05, 4.69) is 5.32 Å². The Morgan fingerprint density at radius 3 is 2.69 bits per heavy atom. The van der Waals surface area contributed by atoms with Crippen LogP contribution in [0.5, 0.6) is 0 Å². The number of hydrogen-bond donors (Lipinski definition) is 1. The number of benzene rings is 3. The van der Waals surface area contributed by atoms with E-state index >= 15 is 0 Å². The number of para-hydroxylation sites is 1. The van der Waals surface area contributed by atoms with Gasteiger partial charge in [-0.2, -0.15) is 0 Å². The van der Waals surface area contributed by atoms with Gasteiger partial charge in [-0.15, -0.1) is 0 Å². The molecule has 3 aromatic carbocycles. The van der Waals surface area contributed by atoms with E-state index in [-0.39, 0.29) is 5.91 Å². The van der Waals surface area contributed by atoms with Crippen molar-refractivity contribution in [2.24, 2.45) is 0 Å². The highest BCUT2D eigenvalue weighted by Gasteiger charge is 2.22. The molecule has 1 unspecified atom stereocenters. The van der Waals surface area contributed by atoms with Gasteiger partial charge in [-0.1, -0.05) is 48.0 Å². The molecular formula is C25H20ClN3O2S. The number of hydrogen-bond acceptors (Lipinski definition) is 3. The Bertz CT molecular complexity index is 1360. The molecule has 32 heavy (non-hydrogen) atoms. The zero-order valence-corrected chi connectivity index (χ0v) is 18.7. The minimum Gasteiger partial charge on any atom is -0.322 e. The number of nitrogens with one attached hydrogen (secondary N) is 1. The van der Waals surface area contributed by atoms with Crippen molar-refractivity contribution in [3.05, 3.63) is 89.4 Å². The molecule has 1 fully saturated rings. The summed E-state index contributed by atoms with van der Waals surface area (Å²) in [5.41, 5.74) is 4.46. The average molecular weight is 462 g/mol. The standard InChI is InChI=1S/C25H20ClN3O2S/c26-22-16-20(29-13-4-14-32(29)31)10-11-21(22)25(30)27-19-7-3-6-18(15-19)24-12-9-17-5-1-2-8-23(17)28-24/h1-3,5-12,15-16H,4,13-14H2,(H,27,30). The van der Waals surface area contributed by atoms with Gasteiger partial charge in [0.2, 0.25) is 0 Å². The topological polar surface area (TPSA) is 62.3 Å². The average Bonchev–Trinajstić information content (AvgIpc) is 3.24. The Balaban J connectivity index is 1.37. The fraction of sp³-hybridized carbons (Fsp3) is 0.120. The summed E-state index contributed by atoms with van der Waals surface area (Å²) in [4.78, 5) is 17.6. The van der Waals surface area contributed by atoms with Gasteiger partial charge in [-0.3, -0.25) is 9.10 Å². The van der Waals surface area contributed by atoms with Crippen molar-refractivity contribution in [1.29, 1.82) is 0 Å². The van der Waals surface area contributed by atoms with Gasteiger partial charge >= 0.3 is 0 Å². The predicted octanol–water partition coefficient (Wildman–Crippen LogP) is 5.68. The lowest BCUT2D eigenvalue weighted by Gasteiger charge is -2.17. The largest absolute Gasteiger partial charge is 0.322 e. The van der Waals surface area contributed by atoms with Crippen LogP contribution in [0.2, 0.25) is 5.02 Å². The lowest BCUT2D eigenvalue weighted by atomic mass is 10.1. The molecule has 0 saturated carbocycles. The summed E-state index contributed by atoms with van der Waals surface area (Å²) in [5.74, 6) is 0.357. The smallest absolute Gasteiger partial charge is 0.257 e. The number of aromatic nitrogens is 1. The second-order valence-electron chi connectivity index (χ2n) is 7.57. The first-order valence-electron chi connectivity index (χ1n) is 10.3. The number of nitrogens with zero attached hydrogens (tertiary/aromatic N) is 2. The number of anilines is 2. The first-order valence-corrected chi connectivity index (χ1v) is 12.0. The molecule has 2 heterocycles. The van der Waals surface area contributed by atoms with E-state index in [9.17, 15) is 9.00 Å². The Kier molecular flexibility index (Phi) is 5.64. The maximum absolute atomic E-state index is 12.9. The fourth-order valence-corrected chi connectivity index (χ4v) is 5.35. The van der Waals surface area contributed by atoms with Crippen molar-refractivity contribution >= 4 is 50.8 Å². The third-order valence-electron chi connectivity index (χ3n) is 5.43. The molecule has 160 valence electrons. The molecule has 1 aliphatic heterocycles. The summed E-state index contributed by atoms with van der Waals surface area (Å²) in [5, 5.41) is 4.33. The summed E-state index contributed by atoms with van der Waals surface area (Å²) in [6, 6.07) is 24.7. The van der Waals surface area contributed by atoms with Gasteiger partial charge in [0, 0.05) is 28.9 Å². The van der Waals surface area contributed by atoms with Gasteiger partial charge in [-0.05, 0) is 48.9 Å². The molecule has 0 radical (unpaired) electrons. The SMILES string of the molecule is O=C(Nc1cccc(-c2ccc3ccccc3n2)c1)c1ccc(N2CCCS2=O)cc1Cl. The van der Waals surface area contributed by atoms with E-state index in [1.807, 2.05) is 65.0 Å². The first kappa shape index (κ1) is 20.7. The number of pyridine rings is 1. The van der Waals surface area contributed by atoms with E-state index in [4.69, 9.17) is 16.6 Å². The third-order valence-corrected chi connectivity index (χ3v) is 7.26. The quantitative estimate of drug-likeness (QED) is 0.425. The highest BCUT2D eigenvalue weighted by Crippen LogP contribution is 2.28. The van der Waals surface area contributed by atoms with Gasteiger partial charge in [0.25, 0.3) is 5.91 Å². The van der Waals surface area contributed by atoms with E-state index in [1.54, 1.807) is 18.2 Å². The molecule has 0 bridgehead atoms. The van der Waals surface area contributed by atoms with Gasteiger partial charge in [0.15, 0.2) is 0 Å². The van der Waals surface area contributed by atoms with Gasteiger partial charge < -0.3 is 5.32 Å². The maximum Gasteiger partial charge on any atom is 0.257 e. The highest BCUT2D eigenvalue weighted by molar-refractivity contribution is 7.86. The molecular weight excluding hydrogens is 442 g/mol. The molecule has 7 heteroatoms. The van der Waals surface area contributed by atoms with E-state index < -0.39 is 11.0 Å². The zero-order valence-electron chi connectivity index (χ0n) is 17.1. The van der Waals surface area contributed by atoms with Crippen LogP contribution in [0.25, 0.3) is 22.2 Å². The molecule has 1 saturated heterocycles. The molecule has 1 atom stereocenters. The maximum atomic E-state index is 12.9. The predicted molar refractivity (Wildman–Crippen MR) is 132 cm³/mol. The van der Waals surface area contributed by atoms with Crippen LogP contribution in [0.15, 0.2) is 78.9 Å². The number of halogens is 1. The normalized spacial score (nSPS) is 15.8. The van der Waals surface area contributed by atoms with E-state index in [0.29, 0.717) is 22.0 Å². The number of amides is 1. The molecule has 1 aromatic heterocycles. The van der Waals surface area contributed by atoms with E-state index in [1.165, 1.54) is 0 Å². The first-order chi connectivity index (χ1) is 15.6. The Morgan fingerprint density at radius 2 is 1.88 bits per heavy atom. The lowest BCUT2D eigenvalue weighted by Crippen LogP contribution is -2.20. The Hall–Kier alpha value is -3.22. The van der Waals surface area contributed by atoms with Gasteiger partial charge in [0.05, 0.1) is 27.5 Å². The van der Waals surface area contributed by atoms with Crippen LogP contribution < -0.4 is 9.62 Å². The summed E-state index contributed by atoms with van der Waals surface area (Å²) in [7, 11) is -1.03. The number of carbonyl (C=O) groups excluding carboxylic acids is 1. The van der Waals surface area contributed by atoms with Crippen molar-refractivity contribution < 1.29 is 9.00 Å². The monoisotopic (exact) mass is 461 g/mol. The minimum atomic E-state index is -1.03. The lowest BCUT2D eigenvalue weighted by molar-refractivity contribution is 0.102. The van der Waals surface area contributed by atoms with Crippen LogP contribution in [0.3, 0.4) is 0 Å².